The van der Waals surface area contributed by atoms with Crippen molar-refractivity contribution < 1.29 is 43.1 Å². The third kappa shape index (κ3) is 8.00. The highest BCUT2D eigenvalue weighted by molar-refractivity contribution is 5.96. The van der Waals surface area contributed by atoms with E-state index in [0.29, 0.717) is 13.0 Å². The Balaban J connectivity index is 1.63. The van der Waals surface area contributed by atoms with Crippen molar-refractivity contribution in [3.05, 3.63) is 66.0 Å². The number of nitrogens with one attached hydrogen (secondary N) is 2. The molecule has 3 amide bonds. The zero-order valence-corrected chi connectivity index (χ0v) is 21.8. The Kier molecular flexibility index (Phi) is 10.4. The third-order valence-corrected chi connectivity index (χ3v) is 6.38. The van der Waals surface area contributed by atoms with Crippen molar-refractivity contribution in [2.24, 2.45) is 0 Å². The van der Waals surface area contributed by atoms with Crippen molar-refractivity contribution in [3.8, 4) is 0 Å². The Morgan fingerprint density at radius 3 is 2.54 bits per heavy atom. The first-order chi connectivity index (χ1) is 18.7. The molecule has 39 heavy (non-hydrogen) atoms. The largest absolute Gasteiger partial charge is 0.548 e. The van der Waals surface area contributed by atoms with Crippen molar-refractivity contribution in [2.75, 3.05) is 20.2 Å². The predicted octanol–water partition coefficient (Wildman–Crippen LogP) is -0.136. The summed E-state index contributed by atoms with van der Waals surface area (Å²) < 4.78 is 12.1. The van der Waals surface area contributed by atoms with Gasteiger partial charge < -0.3 is 34.9 Å². The van der Waals surface area contributed by atoms with Crippen LogP contribution in [0.25, 0.3) is 0 Å². The molecule has 3 atom stereocenters. The summed E-state index contributed by atoms with van der Waals surface area (Å²) in [7, 11) is 1.32. The molecule has 0 aliphatic carbocycles. The minimum Gasteiger partial charge on any atom is -0.548 e. The molecular formula is C27H32N4O8. The molecule has 1 aromatic heterocycles. The predicted molar refractivity (Wildman–Crippen MR) is 134 cm³/mol. The first-order valence-corrected chi connectivity index (χ1v) is 12.5. The lowest BCUT2D eigenvalue weighted by Crippen LogP contribution is -2.50. The van der Waals surface area contributed by atoms with Crippen LogP contribution in [-0.2, 0) is 30.6 Å². The first-order valence-electron chi connectivity index (χ1n) is 12.5. The van der Waals surface area contributed by atoms with Gasteiger partial charge in [-0.15, -0.1) is 0 Å². The summed E-state index contributed by atoms with van der Waals surface area (Å²) in [5, 5.41) is 15.3. The van der Waals surface area contributed by atoms with Gasteiger partial charge in [0, 0.05) is 12.6 Å². The molecule has 12 heteroatoms. The molecule has 0 radical (unpaired) electrons. The Morgan fingerprint density at radius 2 is 1.85 bits per heavy atom. The lowest BCUT2D eigenvalue weighted by atomic mass is 9.85. The maximum atomic E-state index is 13.1. The number of ether oxygens (including phenoxy) is 2. The number of piperidine rings is 1. The van der Waals surface area contributed by atoms with Gasteiger partial charge in [-0.1, -0.05) is 30.3 Å². The number of hydrogen-bond donors (Lipinski definition) is 2. The molecule has 2 N–H and O–H groups in total. The van der Waals surface area contributed by atoms with Gasteiger partial charge in [0.1, 0.15) is 11.5 Å². The molecule has 1 saturated heterocycles. The number of likely N-dealkylation sites (tertiary alicyclic amines) is 1. The number of carbonyl (C=O) groups is 5. The molecule has 2 heterocycles. The number of esters is 1. The highest BCUT2D eigenvalue weighted by Gasteiger charge is 2.39. The second-order valence-electron chi connectivity index (χ2n) is 9.11. The summed E-state index contributed by atoms with van der Waals surface area (Å²) in [6, 6.07) is 10.6. The van der Waals surface area contributed by atoms with E-state index >= 15 is 0 Å². The number of aliphatic carboxylic acids is 1. The summed E-state index contributed by atoms with van der Waals surface area (Å²) in [6.45, 7) is 1.05. The van der Waals surface area contributed by atoms with Crippen LogP contribution in [0, 0.1) is 0 Å². The summed E-state index contributed by atoms with van der Waals surface area (Å²) >= 11 is 0. The second-order valence-corrected chi connectivity index (χ2v) is 9.11. The minimum absolute atomic E-state index is 0.193. The summed E-state index contributed by atoms with van der Waals surface area (Å²) in [5.74, 6) is -3.79. The molecular weight excluding hydrogens is 508 g/mol. The lowest BCUT2D eigenvalue weighted by Gasteiger charge is -2.38. The van der Waals surface area contributed by atoms with E-state index in [4.69, 9.17) is 9.47 Å². The van der Waals surface area contributed by atoms with E-state index < -0.39 is 54.4 Å². The van der Waals surface area contributed by atoms with Crippen LogP contribution >= 0.6 is 0 Å². The van der Waals surface area contributed by atoms with Crippen molar-refractivity contribution in [2.45, 2.75) is 50.9 Å². The maximum Gasteiger partial charge on any atom is 0.414 e. The van der Waals surface area contributed by atoms with Gasteiger partial charge in [0.2, 0.25) is 5.91 Å². The van der Waals surface area contributed by atoms with Gasteiger partial charge in [-0.05, 0) is 37.8 Å². The van der Waals surface area contributed by atoms with Crippen LogP contribution < -0.4 is 20.3 Å². The molecule has 2 aromatic rings. The van der Waals surface area contributed by atoms with Gasteiger partial charge in [-0.3, -0.25) is 14.4 Å². The van der Waals surface area contributed by atoms with Crippen molar-refractivity contribution in [3.63, 3.8) is 0 Å². The van der Waals surface area contributed by atoms with Gasteiger partial charge >= 0.3 is 12.1 Å². The molecule has 2 unspecified atom stereocenters. The molecule has 208 valence electrons. The summed E-state index contributed by atoms with van der Waals surface area (Å²) in [6.07, 6.45) is 4.69. The van der Waals surface area contributed by atoms with E-state index in [1.807, 2.05) is 30.3 Å². The monoisotopic (exact) mass is 540 g/mol. The van der Waals surface area contributed by atoms with Crippen LogP contribution in [0.3, 0.4) is 0 Å². The SMILES string of the molecule is COC(=O)C(c1ccccc1)C1CCCCN1C(=O)OC[n+]1cccc(C(=O)NCC(=O)N[C@@H](C)C(=O)[O-])c1. The normalized spacial score (nSPS) is 16.4. The molecule has 1 aromatic carbocycles. The molecule has 1 fully saturated rings. The number of pyridine rings is 1. The molecule has 12 nitrogen and oxygen atoms in total. The number of carbonyl (C=O) groups excluding carboxylic acids is 5. The highest BCUT2D eigenvalue weighted by Crippen LogP contribution is 2.32. The van der Waals surface area contributed by atoms with Crippen LogP contribution in [0.2, 0.25) is 0 Å². The zero-order chi connectivity index (χ0) is 28.4. The van der Waals surface area contributed by atoms with Gasteiger partial charge in [-0.25, -0.2) is 4.79 Å². The van der Waals surface area contributed by atoms with E-state index in [2.05, 4.69) is 10.6 Å². The van der Waals surface area contributed by atoms with E-state index in [1.54, 1.807) is 17.2 Å². The number of amides is 3. The lowest BCUT2D eigenvalue weighted by molar-refractivity contribution is -0.727. The Hall–Kier alpha value is -4.48. The van der Waals surface area contributed by atoms with Gasteiger partial charge in [0.25, 0.3) is 12.6 Å². The van der Waals surface area contributed by atoms with E-state index in [1.165, 1.54) is 30.9 Å². The number of benzene rings is 1. The standard InChI is InChI=1S/C27H32N4O8/c1-18(25(34)35)29-22(32)15-28-24(33)20-11-8-13-30(16-20)17-39-27(37)31-14-7-6-12-21(31)23(26(36)38-2)19-9-4-3-5-10-19/h3-5,8-11,13,16,18,21,23H,6-7,12,14-15,17H2,1-2H3,(H2-,28,29,32,33,34,35)/t18-,21?,23?/m0/s1. The topological polar surface area (TPSA) is 158 Å². The fourth-order valence-electron chi connectivity index (χ4n) is 4.40. The van der Waals surface area contributed by atoms with Gasteiger partial charge in [0.15, 0.2) is 12.4 Å². The zero-order valence-electron chi connectivity index (χ0n) is 21.8. The molecule has 0 saturated carbocycles. The highest BCUT2D eigenvalue weighted by atomic mass is 16.6. The number of hydrogen-bond acceptors (Lipinski definition) is 8. The molecule has 3 rings (SSSR count). The Bertz CT molecular complexity index is 1190. The molecule has 0 bridgehead atoms. The maximum absolute atomic E-state index is 13.1. The minimum atomic E-state index is -1.44. The average Bonchev–Trinajstić information content (AvgIpc) is 2.95. The number of carboxylic acids is 1. The van der Waals surface area contributed by atoms with Crippen molar-refractivity contribution in [1.29, 1.82) is 0 Å². The Labute approximate surface area is 225 Å². The quantitative estimate of drug-likeness (QED) is 0.311. The number of rotatable bonds is 10. The number of methoxy groups -OCH3 is 1. The summed E-state index contributed by atoms with van der Waals surface area (Å²) in [5.41, 5.74) is 0.949. The number of nitrogens with zero attached hydrogens (tertiary/aromatic N) is 2. The second kappa shape index (κ2) is 13.9. The molecule has 0 spiro atoms. The third-order valence-electron chi connectivity index (χ3n) is 6.38. The van der Waals surface area contributed by atoms with Crippen LogP contribution in [-0.4, -0.2) is 67.0 Å². The summed E-state index contributed by atoms with van der Waals surface area (Å²) in [4.78, 5) is 62.4. The van der Waals surface area contributed by atoms with Crippen LogP contribution in [0.5, 0.6) is 0 Å². The number of carboxylic acid groups (broad SMARTS) is 1. The average molecular weight is 541 g/mol. The Morgan fingerprint density at radius 1 is 1.10 bits per heavy atom. The van der Waals surface area contributed by atoms with Crippen LogP contribution in [0.4, 0.5) is 4.79 Å². The van der Waals surface area contributed by atoms with E-state index in [-0.39, 0.29) is 12.3 Å². The first kappa shape index (κ1) is 29.1. The fraction of sp³-hybridized carbons (Fsp3) is 0.407. The van der Waals surface area contributed by atoms with Crippen molar-refractivity contribution >= 4 is 29.8 Å². The van der Waals surface area contributed by atoms with Crippen LogP contribution in [0.1, 0.15) is 48.0 Å². The molecule has 1 aliphatic heterocycles. The van der Waals surface area contributed by atoms with E-state index in [0.717, 1.165) is 18.4 Å². The van der Waals surface area contributed by atoms with Gasteiger partial charge in [0.05, 0.1) is 31.7 Å². The smallest absolute Gasteiger partial charge is 0.414 e. The van der Waals surface area contributed by atoms with Crippen LogP contribution in [0.15, 0.2) is 54.9 Å². The number of aromatic nitrogens is 1. The van der Waals surface area contributed by atoms with Gasteiger partial charge in [-0.2, -0.15) is 4.57 Å². The van der Waals surface area contributed by atoms with E-state index in [9.17, 15) is 29.1 Å². The fourth-order valence-corrected chi connectivity index (χ4v) is 4.40. The van der Waals surface area contributed by atoms with Crippen molar-refractivity contribution in [1.82, 2.24) is 15.5 Å². The molecule has 1 aliphatic rings.